The summed E-state index contributed by atoms with van der Waals surface area (Å²) in [5.74, 6) is -0.570. The highest BCUT2D eigenvalue weighted by Crippen LogP contribution is 2.34. The number of halogens is 2. The van der Waals surface area contributed by atoms with E-state index in [4.69, 9.17) is 9.47 Å². The first-order chi connectivity index (χ1) is 17.0. The molecule has 1 saturated heterocycles. The summed E-state index contributed by atoms with van der Waals surface area (Å²) < 4.78 is 10.4. The Bertz CT molecular complexity index is 857. The van der Waals surface area contributed by atoms with Crippen LogP contribution >= 0.6 is 36.6 Å². The van der Waals surface area contributed by atoms with Gasteiger partial charge < -0.3 is 14.4 Å². The highest BCUT2D eigenvalue weighted by atomic mass is 35.5. The summed E-state index contributed by atoms with van der Waals surface area (Å²) in [5, 5.41) is 3.29. The number of anilines is 1. The highest BCUT2D eigenvalue weighted by Gasteiger charge is 2.35. The van der Waals surface area contributed by atoms with Gasteiger partial charge >= 0.3 is 11.9 Å². The number of nitrogens with one attached hydrogen (secondary N) is 1. The Morgan fingerprint density at radius 2 is 1.76 bits per heavy atom. The Balaban J connectivity index is 0.00000342. The lowest BCUT2D eigenvalue weighted by atomic mass is 10.1. The number of rotatable bonds is 12. The number of para-hydroxylation sites is 1. The smallest absolute Gasteiger partial charge is 0.326 e. The molecule has 1 amide bonds. The van der Waals surface area contributed by atoms with Crippen molar-refractivity contribution < 1.29 is 23.9 Å². The molecule has 0 aromatic heterocycles. The minimum atomic E-state index is -0.627. The number of hydrogen-bond acceptors (Lipinski definition) is 8. The van der Waals surface area contributed by atoms with Crippen LogP contribution in [0.15, 0.2) is 29.2 Å². The number of nitrogens with zero attached hydrogens (tertiary/aromatic N) is 2. The normalized spacial score (nSPS) is 18.5. The van der Waals surface area contributed by atoms with Crippen molar-refractivity contribution in [3.05, 3.63) is 24.3 Å². The van der Waals surface area contributed by atoms with Gasteiger partial charge in [-0.25, -0.2) is 0 Å². The molecule has 0 spiro atoms. The molecular formula is C26H41Cl2N3O5S. The van der Waals surface area contributed by atoms with Gasteiger partial charge in [0.15, 0.2) is 0 Å². The van der Waals surface area contributed by atoms with Crippen LogP contribution < -0.4 is 10.2 Å². The molecule has 1 unspecified atom stereocenters. The van der Waals surface area contributed by atoms with Crippen LogP contribution in [0.5, 0.6) is 0 Å². The molecule has 0 radical (unpaired) electrons. The van der Waals surface area contributed by atoms with Crippen LogP contribution in [0.1, 0.15) is 52.4 Å². The molecule has 1 aromatic carbocycles. The third-order valence-corrected chi connectivity index (χ3v) is 7.51. The molecule has 2 aliphatic rings. The van der Waals surface area contributed by atoms with Gasteiger partial charge in [-0.05, 0) is 71.3 Å². The quantitative estimate of drug-likeness (QED) is 0.293. The van der Waals surface area contributed by atoms with E-state index in [1.165, 1.54) is 24.2 Å². The largest absolute Gasteiger partial charge is 0.465 e. The van der Waals surface area contributed by atoms with Crippen LogP contribution in [-0.4, -0.2) is 80.0 Å². The molecule has 0 aliphatic carbocycles. The number of ether oxygens (including phenoxy) is 2. The number of benzene rings is 1. The number of unbranched alkanes of at least 4 members (excludes halogenated alkanes) is 1. The van der Waals surface area contributed by atoms with Gasteiger partial charge in [0.2, 0.25) is 5.91 Å². The maximum Gasteiger partial charge on any atom is 0.326 e. The maximum absolute atomic E-state index is 13.6. The van der Waals surface area contributed by atoms with Gasteiger partial charge in [-0.1, -0.05) is 25.0 Å². The van der Waals surface area contributed by atoms with Crippen molar-refractivity contribution >= 4 is 60.1 Å². The van der Waals surface area contributed by atoms with Gasteiger partial charge in [0, 0.05) is 10.6 Å². The molecule has 1 aromatic rings. The molecule has 1 fully saturated rings. The second-order valence-corrected chi connectivity index (χ2v) is 9.99. The minimum absolute atomic E-state index is 0. The minimum Gasteiger partial charge on any atom is -0.465 e. The van der Waals surface area contributed by atoms with Crippen LogP contribution in [0, 0.1) is 0 Å². The number of thioether (sulfide) groups is 1. The first kappa shape index (κ1) is 33.5. The van der Waals surface area contributed by atoms with E-state index in [1.54, 1.807) is 25.6 Å². The molecule has 0 bridgehead atoms. The molecule has 2 aliphatic heterocycles. The molecule has 2 heterocycles. The van der Waals surface area contributed by atoms with Crippen molar-refractivity contribution in [2.24, 2.45) is 0 Å². The van der Waals surface area contributed by atoms with E-state index < -0.39 is 18.1 Å². The summed E-state index contributed by atoms with van der Waals surface area (Å²) in [4.78, 5) is 43.5. The molecule has 2 atom stereocenters. The van der Waals surface area contributed by atoms with E-state index in [0.717, 1.165) is 37.4 Å². The van der Waals surface area contributed by atoms with E-state index in [-0.39, 0.29) is 49.8 Å². The zero-order valence-corrected chi connectivity index (χ0v) is 24.3. The second-order valence-electron chi connectivity index (χ2n) is 8.93. The SMILES string of the molecule is CCOC(=O)CN1C(=O)C(N[C@H](CCCCN2CCCCC2)C(=O)OCC)CSc2ccccc21.Cl.Cl. The number of piperidine rings is 1. The molecule has 8 nitrogen and oxygen atoms in total. The number of fused-ring (bicyclic) bond motifs is 1. The predicted molar refractivity (Wildman–Crippen MR) is 152 cm³/mol. The standard InChI is InChI=1S/C26H39N3O5S.2ClH/c1-3-33-24(30)18-29-22-13-6-7-14-23(22)35-19-21(25(29)31)27-20(26(32)34-4-2)12-8-11-17-28-15-9-5-10-16-28;;/h6-7,13-14,20-21,27H,3-5,8-12,15-19H2,1-2H3;2*1H/t20-,21?;;/m1../s1. The summed E-state index contributed by atoms with van der Waals surface area (Å²) in [7, 11) is 0. The molecule has 11 heteroatoms. The number of carbonyl (C=O) groups is 3. The number of likely N-dealkylation sites (tertiary alicyclic amines) is 1. The van der Waals surface area contributed by atoms with Gasteiger partial charge in [0.25, 0.3) is 0 Å². The molecule has 3 rings (SSSR count). The highest BCUT2D eigenvalue weighted by molar-refractivity contribution is 7.99. The summed E-state index contributed by atoms with van der Waals surface area (Å²) in [6.07, 6.45) is 6.32. The molecule has 37 heavy (non-hydrogen) atoms. The maximum atomic E-state index is 13.6. The number of carbonyl (C=O) groups excluding carboxylic acids is 3. The number of hydrogen-bond donors (Lipinski definition) is 1. The van der Waals surface area contributed by atoms with Gasteiger partial charge in [0.05, 0.1) is 24.9 Å². The van der Waals surface area contributed by atoms with Crippen LogP contribution in [0.2, 0.25) is 0 Å². The Hall–Kier alpha value is -1.52. The molecule has 0 saturated carbocycles. The van der Waals surface area contributed by atoms with Crippen LogP contribution in [0.4, 0.5) is 5.69 Å². The fourth-order valence-electron chi connectivity index (χ4n) is 4.59. The monoisotopic (exact) mass is 577 g/mol. The molecular weight excluding hydrogens is 537 g/mol. The van der Waals surface area contributed by atoms with Crippen molar-refractivity contribution in [2.45, 2.75) is 69.4 Å². The Kier molecular flexibility index (Phi) is 16.2. The van der Waals surface area contributed by atoms with Crippen molar-refractivity contribution in [1.82, 2.24) is 10.2 Å². The van der Waals surface area contributed by atoms with Gasteiger partial charge in [0.1, 0.15) is 12.6 Å². The van der Waals surface area contributed by atoms with Crippen molar-refractivity contribution in [1.29, 1.82) is 0 Å². The lowest BCUT2D eigenvalue weighted by Gasteiger charge is -2.28. The van der Waals surface area contributed by atoms with E-state index in [1.807, 2.05) is 24.3 Å². The Morgan fingerprint density at radius 1 is 1.05 bits per heavy atom. The van der Waals surface area contributed by atoms with E-state index in [0.29, 0.717) is 24.5 Å². The lowest BCUT2D eigenvalue weighted by molar-refractivity contribution is -0.146. The summed E-state index contributed by atoms with van der Waals surface area (Å²) in [6, 6.07) is 6.34. The zero-order chi connectivity index (χ0) is 25.0. The van der Waals surface area contributed by atoms with E-state index in [2.05, 4.69) is 10.2 Å². The summed E-state index contributed by atoms with van der Waals surface area (Å²) in [6.45, 7) is 7.26. The van der Waals surface area contributed by atoms with Crippen molar-refractivity contribution in [3.8, 4) is 0 Å². The molecule has 1 N–H and O–H groups in total. The topological polar surface area (TPSA) is 88.2 Å². The average molecular weight is 579 g/mol. The molecule has 210 valence electrons. The van der Waals surface area contributed by atoms with E-state index in [9.17, 15) is 14.4 Å². The van der Waals surface area contributed by atoms with Gasteiger partial charge in [-0.2, -0.15) is 0 Å². The Morgan fingerprint density at radius 3 is 2.46 bits per heavy atom. The zero-order valence-electron chi connectivity index (χ0n) is 21.8. The Labute approximate surface area is 237 Å². The predicted octanol–water partition coefficient (Wildman–Crippen LogP) is 4.08. The van der Waals surface area contributed by atoms with Crippen LogP contribution in [0.25, 0.3) is 0 Å². The fourth-order valence-corrected chi connectivity index (χ4v) is 5.68. The van der Waals surface area contributed by atoms with Crippen LogP contribution in [0.3, 0.4) is 0 Å². The van der Waals surface area contributed by atoms with Crippen LogP contribution in [-0.2, 0) is 23.9 Å². The van der Waals surface area contributed by atoms with E-state index >= 15 is 0 Å². The number of esters is 2. The fraction of sp³-hybridized carbons (Fsp3) is 0.654. The number of amides is 1. The van der Waals surface area contributed by atoms with Gasteiger partial charge in [-0.3, -0.25) is 24.6 Å². The second kappa shape index (κ2) is 17.9. The summed E-state index contributed by atoms with van der Waals surface area (Å²) in [5.41, 5.74) is 0.689. The third-order valence-electron chi connectivity index (χ3n) is 6.36. The third kappa shape index (κ3) is 10.3. The van der Waals surface area contributed by atoms with Gasteiger partial charge in [-0.15, -0.1) is 36.6 Å². The first-order valence-corrected chi connectivity index (χ1v) is 13.9. The van der Waals surface area contributed by atoms with Crippen molar-refractivity contribution in [3.63, 3.8) is 0 Å². The summed E-state index contributed by atoms with van der Waals surface area (Å²) >= 11 is 1.54. The van der Waals surface area contributed by atoms with Crippen molar-refractivity contribution in [2.75, 3.05) is 50.0 Å². The average Bonchev–Trinajstić information content (AvgIpc) is 2.99. The lowest BCUT2D eigenvalue weighted by Crippen LogP contribution is -2.54. The first-order valence-electron chi connectivity index (χ1n) is 12.9.